The summed E-state index contributed by atoms with van der Waals surface area (Å²) in [6.45, 7) is 4.01. The molecule has 1 rings (SSSR count). The molecule has 0 amide bonds. The predicted molar refractivity (Wildman–Crippen MR) is 63.6 cm³/mol. The fourth-order valence-electron chi connectivity index (χ4n) is 1.93. The lowest BCUT2D eigenvalue weighted by Gasteiger charge is -2.17. The van der Waals surface area contributed by atoms with E-state index >= 15 is 0 Å². The molecular weight excluding hydrogens is 186 g/mol. The van der Waals surface area contributed by atoms with Crippen LogP contribution in [-0.2, 0) is 4.79 Å². The molecule has 0 fully saturated rings. The molecule has 0 aromatic carbocycles. The summed E-state index contributed by atoms with van der Waals surface area (Å²) in [5.74, 6) is 0.413. The van der Waals surface area contributed by atoms with E-state index in [0.717, 1.165) is 24.8 Å². The second-order valence-electron chi connectivity index (χ2n) is 4.82. The SMILES string of the molecule is CC(C)C(N)C(=O)C1=CCCCCCC1. The standard InChI is InChI=1S/C13H23NO/c1-10(2)12(14)13(15)11-8-6-4-3-5-7-9-11/h8,10,12H,3-7,9,14H2,1-2H3. The van der Waals surface area contributed by atoms with Crippen LogP contribution < -0.4 is 5.73 Å². The van der Waals surface area contributed by atoms with Gasteiger partial charge in [-0.2, -0.15) is 0 Å². The van der Waals surface area contributed by atoms with E-state index in [4.69, 9.17) is 5.73 Å². The third-order valence-corrected chi connectivity index (χ3v) is 3.13. The highest BCUT2D eigenvalue weighted by atomic mass is 16.1. The van der Waals surface area contributed by atoms with Crippen LogP contribution in [0.4, 0.5) is 0 Å². The van der Waals surface area contributed by atoms with E-state index in [0.29, 0.717) is 0 Å². The lowest BCUT2D eigenvalue weighted by atomic mass is 9.90. The van der Waals surface area contributed by atoms with E-state index in [1.807, 2.05) is 13.8 Å². The highest BCUT2D eigenvalue weighted by molar-refractivity contribution is 5.99. The Hall–Kier alpha value is -0.630. The predicted octanol–water partition coefficient (Wildman–Crippen LogP) is 2.82. The second-order valence-corrected chi connectivity index (χ2v) is 4.82. The summed E-state index contributed by atoms with van der Waals surface area (Å²) in [5.41, 5.74) is 6.87. The monoisotopic (exact) mass is 209 g/mol. The lowest BCUT2D eigenvalue weighted by Crippen LogP contribution is -2.36. The van der Waals surface area contributed by atoms with Crippen molar-refractivity contribution in [3.05, 3.63) is 11.6 Å². The third kappa shape index (κ3) is 3.78. The summed E-state index contributed by atoms with van der Waals surface area (Å²) >= 11 is 0. The number of carbonyl (C=O) groups excluding carboxylic acids is 1. The molecule has 0 saturated heterocycles. The Morgan fingerprint density at radius 2 is 1.93 bits per heavy atom. The largest absolute Gasteiger partial charge is 0.321 e. The van der Waals surface area contributed by atoms with Crippen molar-refractivity contribution in [3.8, 4) is 0 Å². The number of hydrogen-bond acceptors (Lipinski definition) is 2. The molecule has 0 spiro atoms. The van der Waals surface area contributed by atoms with Crippen LogP contribution in [0.5, 0.6) is 0 Å². The van der Waals surface area contributed by atoms with E-state index in [9.17, 15) is 4.79 Å². The maximum atomic E-state index is 12.0. The molecule has 2 N–H and O–H groups in total. The van der Waals surface area contributed by atoms with Gasteiger partial charge in [-0.25, -0.2) is 0 Å². The van der Waals surface area contributed by atoms with Crippen LogP contribution in [0.3, 0.4) is 0 Å². The lowest BCUT2D eigenvalue weighted by molar-refractivity contribution is -0.117. The van der Waals surface area contributed by atoms with Gasteiger partial charge < -0.3 is 5.73 Å². The average molecular weight is 209 g/mol. The Labute approximate surface area is 92.9 Å². The molecule has 0 aromatic heterocycles. The number of hydrogen-bond donors (Lipinski definition) is 1. The fraction of sp³-hybridized carbons (Fsp3) is 0.769. The van der Waals surface area contributed by atoms with Gasteiger partial charge in [-0.15, -0.1) is 0 Å². The minimum atomic E-state index is -0.310. The molecule has 1 atom stereocenters. The van der Waals surface area contributed by atoms with Gasteiger partial charge in [-0.05, 0) is 37.2 Å². The number of rotatable bonds is 3. The summed E-state index contributed by atoms with van der Waals surface area (Å²) < 4.78 is 0. The zero-order valence-electron chi connectivity index (χ0n) is 9.96. The summed E-state index contributed by atoms with van der Waals surface area (Å²) in [6, 6.07) is -0.310. The normalized spacial score (nSPS) is 20.4. The van der Waals surface area contributed by atoms with E-state index in [-0.39, 0.29) is 17.7 Å². The van der Waals surface area contributed by atoms with Crippen molar-refractivity contribution in [3.63, 3.8) is 0 Å². The van der Waals surface area contributed by atoms with Crippen molar-refractivity contribution in [2.24, 2.45) is 11.7 Å². The van der Waals surface area contributed by atoms with Crippen LogP contribution >= 0.6 is 0 Å². The molecule has 1 unspecified atom stereocenters. The molecule has 2 heteroatoms. The highest BCUT2D eigenvalue weighted by Gasteiger charge is 2.20. The van der Waals surface area contributed by atoms with Gasteiger partial charge in [0.05, 0.1) is 6.04 Å². The Kier molecular flexibility index (Phi) is 5.03. The van der Waals surface area contributed by atoms with Crippen LogP contribution in [-0.4, -0.2) is 11.8 Å². The number of carbonyl (C=O) groups is 1. The minimum absolute atomic E-state index is 0.173. The molecule has 2 nitrogen and oxygen atoms in total. The maximum absolute atomic E-state index is 12.0. The topological polar surface area (TPSA) is 43.1 Å². The van der Waals surface area contributed by atoms with Crippen molar-refractivity contribution >= 4 is 5.78 Å². The average Bonchev–Trinajstić information content (AvgIpc) is 2.15. The van der Waals surface area contributed by atoms with Crippen molar-refractivity contribution in [2.75, 3.05) is 0 Å². The van der Waals surface area contributed by atoms with Crippen molar-refractivity contribution in [1.29, 1.82) is 0 Å². The number of ketones is 1. The van der Waals surface area contributed by atoms with Gasteiger partial charge in [-0.1, -0.05) is 32.8 Å². The van der Waals surface area contributed by atoms with Crippen molar-refractivity contribution < 1.29 is 4.79 Å². The molecule has 0 heterocycles. The smallest absolute Gasteiger partial charge is 0.175 e. The van der Waals surface area contributed by atoms with Crippen molar-refractivity contribution in [1.82, 2.24) is 0 Å². The van der Waals surface area contributed by atoms with Crippen molar-refractivity contribution in [2.45, 2.75) is 58.4 Å². The fourth-order valence-corrected chi connectivity index (χ4v) is 1.93. The van der Waals surface area contributed by atoms with Gasteiger partial charge in [0.1, 0.15) is 0 Å². The van der Waals surface area contributed by atoms with Gasteiger partial charge in [0, 0.05) is 0 Å². The molecule has 15 heavy (non-hydrogen) atoms. The summed E-state index contributed by atoms with van der Waals surface area (Å²) in [6.07, 6.45) is 9.00. The third-order valence-electron chi connectivity index (χ3n) is 3.13. The number of Topliss-reactive ketones (excluding diaryl/α,β-unsaturated/α-hetero) is 1. The highest BCUT2D eigenvalue weighted by Crippen LogP contribution is 2.19. The van der Waals surface area contributed by atoms with E-state index in [2.05, 4.69) is 6.08 Å². The quantitative estimate of drug-likeness (QED) is 0.776. The van der Waals surface area contributed by atoms with E-state index in [1.54, 1.807) is 0 Å². The van der Waals surface area contributed by atoms with Crippen LogP contribution in [0, 0.1) is 5.92 Å². The van der Waals surface area contributed by atoms with Gasteiger partial charge in [0.15, 0.2) is 5.78 Å². The Balaban J connectivity index is 2.63. The molecule has 0 bridgehead atoms. The minimum Gasteiger partial charge on any atom is -0.321 e. The van der Waals surface area contributed by atoms with Gasteiger partial charge in [-0.3, -0.25) is 4.79 Å². The first-order chi connectivity index (χ1) is 7.13. The zero-order valence-corrected chi connectivity index (χ0v) is 9.96. The van der Waals surface area contributed by atoms with E-state index < -0.39 is 0 Å². The first-order valence-corrected chi connectivity index (χ1v) is 6.11. The molecule has 0 aliphatic heterocycles. The van der Waals surface area contributed by atoms with Gasteiger partial charge >= 0.3 is 0 Å². The van der Waals surface area contributed by atoms with Crippen LogP contribution in [0.2, 0.25) is 0 Å². The Morgan fingerprint density at radius 1 is 1.27 bits per heavy atom. The number of allylic oxidation sites excluding steroid dienone is 1. The zero-order chi connectivity index (χ0) is 11.3. The van der Waals surface area contributed by atoms with Crippen LogP contribution in [0.15, 0.2) is 11.6 Å². The summed E-state index contributed by atoms with van der Waals surface area (Å²) in [7, 11) is 0. The van der Waals surface area contributed by atoms with E-state index in [1.165, 1.54) is 19.3 Å². The molecule has 1 aliphatic rings. The molecule has 0 radical (unpaired) electrons. The summed E-state index contributed by atoms with van der Waals surface area (Å²) in [4.78, 5) is 12.0. The number of nitrogens with two attached hydrogens (primary N) is 1. The summed E-state index contributed by atoms with van der Waals surface area (Å²) in [5, 5.41) is 0. The van der Waals surface area contributed by atoms with Crippen LogP contribution in [0.25, 0.3) is 0 Å². The first-order valence-electron chi connectivity index (χ1n) is 6.11. The van der Waals surface area contributed by atoms with Crippen LogP contribution in [0.1, 0.15) is 52.4 Å². The van der Waals surface area contributed by atoms with Gasteiger partial charge in [0.2, 0.25) is 0 Å². The second kappa shape index (κ2) is 6.06. The molecular formula is C13H23NO. The first kappa shape index (κ1) is 12.4. The Morgan fingerprint density at radius 3 is 2.60 bits per heavy atom. The molecule has 0 aromatic rings. The molecule has 1 aliphatic carbocycles. The molecule has 0 saturated carbocycles. The maximum Gasteiger partial charge on any atom is 0.175 e. The van der Waals surface area contributed by atoms with Gasteiger partial charge in [0.25, 0.3) is 0 Å². The molecule has 86 valence electrons. The Bertz CT molecular complexity index is 243.